The van der Waals surface area contributed by atoms with Crippen LogP contribution in [-0.4, -0.2) is 23.5 Å². The molecule has 1 aliphatic carbocycles. The summed E-state index contributed by atoms with van der Waals surface area (Å²) in [6.45, 7) is 0.440. The van der Waals surface area contributed by atoms with Gasteiger partial charge in [0, 0.05) is 18.7 Å². The van der Waals surface area contributed by atoms with Crippen LogP contribution in [0.1, 0.15) is 41.6 Å². The van der Waals surface area contributed by atoms with Gasteiger partial charge in [0.1, 0.15) is 5.82 Å². The Hall–Kier alpha value is -2.42. The van der Waals surface area contributed by atoms with Gasteiger partial charge in [-0.05, 0) is 49.8 Å². The smallest absolute Gasteiger partial charge is 0.367 e. The number of nitrogens with one attached hydrogen (secondary N) is 2. The topological polar surface area (TPSA) is 54.0 Å². The van der Waals surface area contributed by atoms with Gasteiger partial charge in [-0.25, -0.2) is 13.8 Å². The van der Waals surface area contributed by atoms with E-state index in [-0.39, 0.29) is 28.4 Å². The van der Waals surface area contributed by atoms with Gasteiger partial charge in [0.2, 0.25) is 0 Å². The van der Waals surface area contributed by atoms with Gasteiger partial charge in [-0.2, -0.15) is 13.2 Å². The van der Waals surface area contributed by atoms with Crippen molar-refractivity contribution in [1.29, 1.82) is 0 Å². The van der Waals surface area contributed by atoms with E-state index in [1.165, 1.54) is 0 Å². The zero-order valence-corrected chi connectivity index (χ0v) is 16.5. The van der Waals surface area contributed by atoms with Crippen LogP contribution >= 0.6 is 11.6 Å². The van der Waals surface area contributed by atoms with Gasteiger partial charge in [0.25, 0.3) is 5.91 Å². The van der Waals surface area contributed by atoms with Gasteiger partial charge in [-0.1, -0.05) is 11.6 Å². The van der Waals surface area contributed by atoms with Crippen LogP contribution in [0.3, 0.4) is 0 Å². The minimum Gasteiger partial charge on any atom is -0.367 e. The Bertz CT molecular complexity index is 914. The van der Waals surface area contributed by atoms with E-state index in [0.717, 1.165) is 43.3 Å². The normalized spacial score (nSPS) is 19.4. The third kappa shape index (κ3) is 5.59. The number of anilines is 1. The first-order valence-corrected chi connectivity index (χ1v) is 9.74. The summed E-state index contributed by atoms with van der Waals surface area (Å²) in [6.07, 6.45) is -0.962. The number of pyridine rings is 1. The van der Waals surface area contributed by atoms with Crippen LogP contribution in [0, 0.1) is 17.6 Å². The molecule has 2 N–H and O–H groups in total. The van der Waals surface area contributed by atoms with Crippen molar-refractivity contribution in [3.05, 3.63) is 58.2 Å². The molecule has 0 spiro atoms. The Morgan fingerprint density at radius 1 is 1.13 bits per heavy atom. The summed E-state index contributed by atoms with van der Waals surface area (Å²) in [7, 11) is 0. The van der Waals surface area contributed by atoms with Crippen molar-refractivity contribution in [2.75, 3.05) is 11.9 Å². The van der Waals surface area contributed by atoms with Crippen molar-refractivity contribution < 1.29 is 26.7 Å². The molecular weight excluding hydrogens is 429 g/mol. The number of hydrogen-bond acceptors (Lipinski definition) is 3. The minimum absolute atomic E-state index is 0.0222. The molecule has 1 aliphatic rings. The summed E-state index contributed by atoms with van der Waals surface area (Å²) in [5, 5.41) is 5.55. The molecule has 0 bridgehead atoms. The monoisotopic (exact) mass is 447 g/mol. The predicted octanol–water partition coefficient (Wildman–Crippen LogP) is 5.43. The molecule has 4 nitrogen and oxygen atoms in total. The van der Waals surface area contributed by atoms with Gasteiger partial charge in [0.05, 0.1) is 22.3 Å². The number of rotatable bonds is 5. The minimum atomic E-state index is -4.57. The highest BCUT2D eigenvalue weighted by Crippen LogP contribution is 2.32. The summed E-state index contributed by atoms with van der Waals surface area (Å²) in [5.74, 6) is -2.00. The summed E-state index contributed by atoms with van der Waals surface area (Å²) < 4.78 is 65.1. The Kier molecular flexibility index (Phi) is 6.80. The number of amides is 1. The highest BCUT2D eigenvalue weighted by molar-refractivity contribution is 6.33. The second-order valence-corrected chi connectivity index (χ2v) is 7.66. The fourth-order valence-electron chi connectivity index (χ4n) is 3.44. The lowest BCUT2D eigenvalue weighted by Gasteiger charge is -2.29. The molecule has 3 rings (SSSR count). The summed E-state index contributed by atoms with van der Waals surface area (Å²) >= 11 is 5.91. The number of carbonyl (C=O) groups is 1. The number of benzene rings is 1. The van der Waals surface area contributed by atoms with Crippen molar-refractivity contribution in [3.8, 4) is 0 Å². The first kappa shape index (κ1) is 22.3. The average Bonchev–Trinajstić information content (AvgIpc) is 2.68. The molecule has 0 atom stereocenters. The molecule has 10 heteroatoms. The summed E-state index contributed by atoms with van der Waals surface area (Å²) in [5.41, 5.74) is -1.15. The standard InChI is InChI=1S/C20H19ClF5N3O/c21-16-6-3-12(20(24,25)26)7-15(16)19(30)29-14-4-1-11(2-5-14)9-27-18-17(23)8-13(22)10-28-18/h3,6-8,10-11,14H,1-2,4-5,9H2,(H,27,28)(H,29,30). The zero-order valence-electron chi connectivity index (χ0n) is 15.7. The van der Waals surface area contributed by atoms with Crippen molar-refractivity contribution in [2.24, 2.45) is 5.92 Å². The van der Waals surface area contributed by atoms with E-state index in [9.17, 15) is 26.7 Å². The van der Waals surface area contributed by atoms with E-state index in [4.69, 9.17) is 11.6 Å². The van der Waals surface area contributed by atoms with E-state index in [0.29, 0.717) is 19.4 Å². The summed E-state index contributed by atoms with van der Waals surface area (Å²) in [6, 6.07) is 3.19. The largest absolute Gasteiger partial charge is 0.416 e. The highest BCUT2D eigenvalue weighted by atomic mass is 35.5. The van der Waals surface area contributed by atoms with Crippen molar-refractivity contribution in [1.82, 2.24) is 10.3 Å². The molecule has 1 aromatic carbocycles. The van der Waals surface area contributed by atoms with Crippen LogP contribution in [0.25, 0.3) is 0 Å². The van der Waals surface area contributed by atoms with Crippen LogP contribution in [0.5, 0.6) is 0 Å². The van der Waals surface area contributed by atoms with Crippen LogP contribution in [0.15, 0.2) is 30.5 Å². The van der Waals surface area contributed by atoms with Crippen molar-refractivity contribution in [2.45, 2.75) is 37.9 Å². The van der Waals surface area contributed by atoms with Gasteiger partial charge < -0.3 is 10.6 Å². The molecule has 1 fully saturated rings. The fraction of sp³-hybridized carbons (Fsp3) is 0.400. The van der Waals surface area contributed by atoms with Crippen molar-refractivity contribution in [3.63, 3.8) is 0 Å². The zero-order chi connectivity index (χ0) is 21.9. The Morgan fingerprint density at radius 3 is 2.47 bits per heavy atom. The molecule has 162 valence electrons. The number of alkyl halides is 3. The van der Waals surface area contributed by atoms with E-state index >= 15 is 0 Å². The highest BCUT2D eigenvalue weighted by Gasteiger charge is 2.32. The second kappa shape index (κ2) is 9.16. The van der Waals surface area contributed by atoms with Crippen LogP contribution in [-0.2, 0) is 6.18 Å². The molecule has 1 aromatic heterocycles. The first-order valence-electron chi connectivity index (χ1n) is 9.36. The third-order valence-electron chi connectivity index (χ3n) is 5.09. The van der Waals surface area contributed by atoms with E-state index in [2.05, 4.69) is 15.6 Å². The van der Waals surface area contributed by atoms with Gasteiger partial charge >= 0.3 is 6.18 Å². The SMILES string of the molecule is O=C(NC1CCC(CNc2ncc(F)cc2F)CC1)c1cc(C(F)(F)F)ccc1Cl. The Balaban J connectivity index is 1.51. The molecule has 2 aromatic rings. The molecule has 0 radical (unpaired) electrons. The number of aromatic nitrogens is 1. The Morgan fingerprint density at radius 2 is 1.83 bits per heavy atom. The quantitative estimate of drug-likeness (QED) is 0.601. The summed E-state index contributed by atoms with van der Waals surface area (Å²) in [4.78, 5) is 16.1. The maximum absolute atomic E-state index is 13.6. The van der Waals surface area contributed by atoms with Gasteiger partial charge in [-0.15, -0.1) is 0 Å². The molecular formula is C20H19ClF5N3O. The predicted molar refractivity (Wildman–Crippen MR) is 102 cm³/mol. The van der Waals surface area contributed by atoms with Gasteiger partial charge in [-0.3, -0.25) is 4.79 Å². The molecule has 30 heavy (non-hydrogen) atoms. The van der Waals surface area contributed by atoms with E-state index in [1.54, 1.807) is 0 Å². The third-order valence-corrected chi connectivity index (χ3v) is 5.42. The molecule has 1 saturated carbocycles. The molecule has 1 amide bonds. The molecule has 0 unspecified atom stereocenters. The first-order chi connectivity index (χ1) is 14.1. The molecule has 0 aliphatic heterocycles. The van der Waals surface area contributed by atoms with E-state index in [1.807, 2.05) is 0 Å². The maximum atomic E-state index is 13.6. The lowest BCUT2D eigenvalue weighted by Crippen LogP contribution is -2.38. The maximum Gasteiger partial charge on any atom is 0.416 e. The number of carbonyl (C=O) groups excluding carboxylic acids is 1. The molecule has 0 saturated heterocycles. The average molecular weight is 448 g/mol. The van der Waals surface area contributed by atoms with Crippen molar-refractivity contribution >= 4 is 23.3 Å². The van der Waals surface area contributed by atoms with Crippen LogP contribution in [0.2, 0.25) is 5.02 Å². The number of halogens is 6. The molecule has 1 heterocycles. The van der Waals surface area contributed by atoms with Crippen LogP contribution in [0.4, 0.5) is 27.8 Å². The number of hydrogen-bond donors (Lipinski definition) is 2. The lowest BCUT2D eigenvalue weighted by atomic mass is 9.86. The Labute approximate surface area is 174 Å². The fourth-order valence-corrected chi connectivity index (χ4v) is 3.64. The van der Waals surface area contributed by atoms with E-state index < -0.39 is 29.3 Å². The number of nitrogens with zero attached hydrogens (tertiary/aromatic N) is 1. The lowest BCUT2D eigenvalue weighted by molar-refractivity contribution is -0.137. The van der Waals surface area contributed by atoms with Crippen LogP contribution < -0.4 is 10.6 Å². The van der Waals surface area contributed by atoms with Gasteiger partial charge in [0.15, 0.2) is 11.6 Å². The second-order valence-electron chi connectivity index (χ2n) is 7.25.